The van der Waals surface area contributed by atoms with Crippen LogP contribution in [-0.4, -0.2) is 21.5 Å². The van der Waals surface area contributed by atoms with Gasteiger partial charge in [0.05, 0.1) is 17.4 Å². The number of benzene rings is 1. The zero-order valence-corrected chi connectivity index (χ0v) is 11.9. The average Bonchev–Trinajstić information content (AvgIpc) is 2.32. The third-order valence-electron chi connectivity index (χ3n) is 2.88. The SMILES string of the molecule is CCN(CCC#N)c1cc(N)cc(S(N)(=O)=O)c1C. The molecule has 0 fully saturated rings. The zero-order chi connectivity index (χ0) is 14.6. The second kappa shape index (κ2) is 5.91. The second-order valence-corrected chi connectivity index (χ2v) is 5.73. The van der Waals surface area contributed by atoms with Gasteiger partial charge in [-0.2, -0.15) is 5.26 Å². The summed E-state index contributed by atoms with van der Waals surface area (Å²) >= 11 is 0. The van der Waals surface area contributed by atoms with Crippen LogP contribution in [0.4, 0.5) is 11.4 Å². The molecule has 7 heteroatoms. The molecule has 4 N–H and O–H groups in total. The minimum Gasteiger partial charge on any atom is -0.399 e. The van der Waals surface area contributed by atoms with E-state index in [1.807, 2.05) is 11.8 Å². The molecule has 1 aromatic carbocycles. The van der Waals surface area contributed by atoms with E-state index in [0.29, 0.717) is 36.4 Å². The van der Waals surface area contributed by atoms with Crippen molar-refractivity contribution >= 4 is 21.4 Å². The Balaban J connectivity index is 3.36. The standard InChI is InChI=1S/C12H18N4O2S/c1-3-16(6-4-5-13)11-7-10(14)8-12(9(11)2)19(15,17)18/h7-8H,3-4,6,14H2,1-2H3,(H2,15,17,18). The molecule has 0 saturated carbocycles. The third kappa shape index (κ3) is 3.59. The highest BCUT2D eigenvalue weighted by molar-refractivity contribution is 7.89. The van der Waals surface area contributed by atoms with Crippen molar-refractivity contribution in [2.24, 2.45) is 5.14 Å². The molecule has 1 rings (SSSR count). The predicted molar refractivity (Wildman–Crippen MR) is 75.1 cm³/mol. The first-order valence-electron chi connectivity index (χ1n) is 5.86. The lowest BCUT2D eigenvalue weighted by molar-refractivity contribution is 0.597. The number of nitrogen functional groups attached to an aromatic ring is 1. The molecular weight excluding hydrogens is 264 g/mol. The van der Waals surface area contributed by atoms with Crippen LogP contribution in [0.2, 0.25) is 0 Å². The molecule has 0 aliphatic rings. The van der Waals surface area contributed by atoms with Crippen molar-refractivity contribution in [1.29, 1.82) is 5.26 Å². The van der Waals surface area contributed by atoms with Crippen LogP contribution in [0, 0.1) is 18.3 Å². The fourth-order valence-corrected chi connectivity index (χ4v) is 2.78. The summed E-state index contributed by atoms with van der Waals surface area (Å²) in [4.78, 5) is 1.93. The van der Waals surface area contributed by atoms with E-state index in [-0.39, 0.29) is 4.90 Å². The highest BCUT2D eigenvalue weighted by Gasteiger charge is 2.18. The molecule has 0 amide bonds. The van der Waals surface area contributed by atoms with E-state index < -0.39 is 10.0 Å². The Bertz CT molecular complexity index is 605. The Kier molecular flexibility index (Phi) is 4.75. The van der Waals surface area contributed by atoms with Gasteiger partial charge in [0, 0.05) is 24.5 Å². The largest absolute Gasteiger partial charge is 0.399 e. The fraction of sp³-hybridized carbons (Fsp3) is 0.417. The van der Waals surface area contributed by atoms with Gasteiger partial charge >= 0.3 is 0 Å². The normalized spacial score (nSPS) is 11.1. The van der Waals surface area contributed by atoms with Gasteiger partial charge in [-0.3, -0.25) is 0 Å². The lowest BCUT2D eigenvalue weighted by Crippen LogP contribution is -2.26. The van der Waals surface area contributed by atoms with Gasteiger partial charge in [-0.15, -0.1) is 0 Å². The van der Waals surface area contributed by atoms with Crippen molar-refractivity contribution < 1.29 is 8.42 Å². The highest BCUT2D eigenvalue weighted by atomic mass is 32.2. The number of nitriles is 1. The summed E-state index contributed by atoms with van der Waals surface area (Å²) in [6, 6.07) is 5.12. The topological polar surface area (TPSA) is 113 Å². The molecule has 19 heavy (non-hydrogen) atoms. The van der Waals surface area contributed by atoms with Crippen molar-refractivity contribution in [2.45, 2.75) is 25.2 Å². The summed E-state index contributed by atoms with van der Waals surface area (Å²) in [5.41, 5.74) is 7.32. The van der Waals surface area contributed by atoms with Crippen LogP contribution in [0.25, 0.3) is 0 Å². The summed E-state index contributed by atoms with van der Waals surface area (Å²) < 4.78 is 23.1. The first-order chi connectivity index (χ1) is 8.81. The van der Waals surface area contributed by atoms with Gasteiger partial charge in [-0.05, 0) is 31.5 Å². The Morgan fingerprint density at radius 1 is 1.42 bits per heavy atom. The van der Waals surface area contributed by atoms with Gasteiger partial charge in [0.25, 0.3) is 0 Å². The third-order valence-corrected chi connectivity index (χ3v) is 3.91. The van der Waals surface area contributed by atoms with Crippen molar-refractivity contribution in [3.8, 4) is 6.07 Å². The minimum absolute atomic E-state index is 0.0258. The number of sulfonamides is 1. The molecule has 0 saturated heterocycles. The van der Waals surface area contributed by atoms with Crippen molar-refractivity contribution in [1.82, 2.24) is 0 Å². The molecular formula is C12H18N4O2S. The molecule has 0 spiro atoms. The number of primary sulfonamides is 1. The number of nitrogens with zero attached hydrogens (tertiary/aromatic N) is 2. The van der Waals surface area contributed by atoms with E-state index in [1.165, 1.54) is 6.07 Å². The molecule has 0 unspecified atom stereocenters. The smallest absolute Gasteiger partial charge is 0.238 e. The van der Waals surface area contributed by atoms with Crippen LogP contribution in [-0.2, 0) is 10.0 Å². The van der Waals surface area contributed by atoms with Crippen LogP contribution < -0.4 is 15.8 Å². The van der Waals surface area contributed by atoms with Crippen LogP contribution in [0.3, 0.4) is 0 Å². The maximum Gasteiger partial charge on any atom is 0.238 e. The molecule has 0 bridgehead atoms. The van der Waals surface area contributed by atoms with Gasteiger partial charge in [-0.1, -0.05) is 0 Å². The van der Waals surface area contributed by atoms with E-state index in [2.05, 4.69) is 6.07 Å². The summed E-state index contributed by atoms with van der Waals surface area (Å²) in [7, 11) is -3.81. The number of rotatable bonds is 5. The van der Waals surface area contributed by atoms with Gasteiger partial charge < -0.3 is 10.6 Å². The lowest BCUT2D eigenvalue weighted by Gasteiger charge is -2.25. The molecule has 104 valence electrons. The first kappa shape index (κ1) is 15.3. The Labute approximate surface area is 113 Å². The summed E-state index contributed by atoms with van der Waals surface area (Å²) in [6.07, 6.45) is 0.354. The van der Waals surface area contributed by atoms with Crippen LogP contribution in [0.15, 0.2) is 17.0 Å². The summed E-state index contributed by atoms with van der Waals surface area (Å²) in [5, 5.41) is 13.8. The number of anilines is 2. The maximum atomic E-state index is 11.5. The lowest BCUT2D eigenvalue weighted by atomic mass is 10.1. The first-order valence-corrected chi connectivity index (χ1v) is 7.40. The molecule has 0 aromatic heterocycles. The van der Waals surface area contributed by atoms with E-state index >= 15 is 0 Å². The van der Waals surface area contributed by atoms with Gasteiger partial charge in [-0.25, -0.2) is 13.6 Å². The highest BCUT2D eigenvalue weighted by Crippen LogP contribution is 2.29. The zero-order valence-electron chi connectivity index (χ0n) is 11.0. The van der Waals surface area contributed by atoms with Crippen LogP contribution in [0.5, 0.6) is 0 Å². The Hall–Kier alpha value is -1.78. The Morgan fingerprint density at radius 2 is 2.05 bits per heavy atom. The quantitative estimate of drug-likeness (QED) is 0.781. The number of hydrogen-bond donors (Lipinski definition) is 2. The average molecular weight is 282 g/mol. The van der Waals surface area contributed by atoms with Crippen molar-refractivity contribution in [3.63, 3.8) is 0 Å². The van der Waals surface area contributed by atoms with Crippen LogP contribution >= 0.6 is 0 Å². The second-order valence-electron chi connectivity index (χ2n) is 4.20. The molecule has 0 aliphatic carbocycles. The molecule has 0 radical (unpaired) electrons. The van der Waals surface area contributed by atoms with Crippen molar-refractivity contribution in [3.05, 3.63) is 17.7 Å². The molecule has 0 heterocycles. The van der Waals surface area contributed by atoms with E-state index in [4.69, 9.17) is 16.1 Å². The van der Waals surface area contributed by atoms with E-state index in [1.54, 1.807) is 13.0 Å². The minimum atomic E-state index is -3.81. The van der Waals surface area contributed by atoms with Crippen LogP contribution in [0.1, 0.15) is 18.9 Å². The molecule has 1 aromatic rings. The monoisotopic (exact) mass is 282 g/mol. The molecule has 6 nitrogen and oxygen atoms in total. The molecule has 0 atom stereocenters. The Morgan fingerprint density at radius 3 is 2.53 bits per heavy atom. The maximum absolute atomic E-state index is 11.5. The summed E-state index contributed by atoms with van der Waals surface area (Å²) in [6.45, 7) is 4.78. The summed E-state index contributed by atoms with van der Waals surface area (Å²) in [5.74, 6) is 0. The van der Waals surface area contributed by atoms with Gasteiger partial charge in [0.1, 0.15) is 0 Å². The van der Waals surface area contributed by atoms with E-state index in [0.717, 1.165) is 0 Å². The molecule has 0 aliphatic heterocycles. The van der Waals surface area contributed by atoms with Crippen molar-refractivity contribution in [2.75, 3.05) is 23.7 Å². The fourth-order valence-electron chi connectivity index (χ4n) is 1.95. The van der Waals surface area contributed by atoms with Gasteiger partial charge in [0.15, 0.2) is 0 Å². The van der Waals surface area contributed by atoms with Gasteiger partial charge in [0.2, 0.25) is 10.0 Å². The number of hydrogen-bond acceptors (Lipinski definition) is 5. The predicted octanol–water partition coefficient (Wildman–Crippen LogP) is 0.965. The number of nitrogens with two attached hydrogens (primary N) is 2. The van der Waals surface area contributed by atoms with E-state index in [9.17, 15) is 8.42 Å².